The predicted molar refractivity (Wildman–Crippen MR) is 115 cm³/mol. The molecule has 1 aromatic carbocycles. The van der Waals surface area contributed by atoms with Crippen LogP contribution in [0, 0.1) is 0 Å². The first kappa shape index (κ1) is 18.0. The Kier molecular flexibility index (Phi) is 5.01. The van der Waals surface area contributed by atoms with Crippen LogP contribution in [0.4, 0.5) is 5.13 Å². The Hall–Kier alpha value is -2.02. The molecule has 6 heteroatoms. The summed E-state index contributed by atoms with van der Waals surface area (Å²) in [5.74, 6) is -0.00774. The number of hydrogen-bond acceptors (Lipinski definition) is 5. The molecule has 2 aliphatic rings. The lowest BCUT2D eigenvalue weighted by Crippen LogP contribution is -2.29. The molecular weight excluding hydrogens is 386 g/mol. The van der Waals surface area contributed by atoms with Gasteiger partial charge in [0.2, 0.25) is 0 Å². The van der Waals surface area contributed by atoms with Crippen LogP contribution in [0.2, 0.25) is 0 Å². The van der Waals surface area contributed by atoms with Crippen LogP contribution in [-0.4, -0.2) is 22.3 Å². The highest BCUT2D eigenvalue weighted by atomic mass is 32.1. The third-order valence-corrected chi connectivity index (χ3v) is 7.73. The van der Waals surface area contributed by atoms with Crippen molar-refractivity contribution in [2.24, 2.45) is 0 Å². The molecule has 144 valence electrons. The number of thiophene rings is 1. The molecule has 4 nitrogen and oxygen atoms in total. The number of nitrogens with one attached hydrogen (secondary N) is 1. The average molecular weight is 410 g/mol. The van der Waals surface area contributed by atoms with Gasteiger partial charge in [-0.1, -0.05) is 30.3 Å². The minimum absolute atomic E-state index is 0.00774. The lowest BCUT2D eigenvalue weighted by atomic mass is 9.99. The highest BCUT2D eigenvalue weighted by molar-refractivity contribution is 7.16. The Bertz CT molecular complexity index is 969. The van der Waals surface area contributed by atoms with Crippen molar-refractivity contribution < 1.29 is 4.79 Å². The van der Waals surface area contributed by atoms with Crippen molar-refractivity contribution in [2.45, 2.75) is 45.2 Å². The predicted octanol–water partition coefficient (Wildman–Crippen LogP) is 4.89. The van der Waals surface area contributed by atoms with E-state index in [-0.39, 0.29) is 5.91 Å². The number of benzene rings is 1. The molecular formula is C22H23N3OS2. The fraction of sp³-hybridized carbons (Fsp3) is 0.364. The fourth-order valence-corrected chi connectivity index (χ4v) is 6.23. The molecule has 0 fully saturated rings. The second-order valence-electron chi connectivity index (χ2n) is 7.56. The lowest BCUT2D eigenvalue weighted by molar-refractivity contribution is 0.103. The van der Waals surface area contributed by atoms with Gasteiger partial charge in [0.25, 0.3) is 5.91 Å². The summed E-state index contributed by atoms with van der Waals surface area (Å²) in [7, 11) is 0. The zero-order valence-electron chi connectivity index (χ0n) is 15.7. The molecule has 0 atom stereocenters. The summed E-state index contributed by atoms with van der Waals surface area (Å²) in [6.07, 6.45) is 5.66. The Balaban J connectivity index is 1.26. The van der Waals surface area contributed by atoms with Crippen molar-refractivity contribution in [2.75, 3.05) is 11.9 Å². The summed E-state index contributed by atoms with van der Waals surface area (Å²) in [6, 6.07) is 12.7. The lowest BCUT2D eigenvalue weighted by Gasteiger charge is -2.25. The van der Waals surface area contributed by atoms with E-state index < -0.39 is 0 Å². The number of nitrogens with zero attached hydrogens (tertiary/aromatic N) is 2. The van der Waals surface area contributed by atoms with Gasteiger partial charge in [-0.2, -0.15) is 0 Å². The van der Waals surface area contributed by atoms with E-state index in [9.17, 15) is 4.79 Å². The number of hydrogen-bond donors (Lipinski definition) is 1. The van der Waals surface area contributed by atoms with Gasteiger partial charge in [0.15, 0.2) is 5.13 Å². The summed E-state index contributed by atoms with van der Waals surface area (Å²) in [4.78, 5) is 23.4. The molecule has 0 spiro atoms. The largest absolute Gasteiger partial charge is 0.297 e. The molecule has 0 unspecified atom stereocenters. The molecule has 1 N–H and O–H groups in total. The van der Waals surface area contributed by atoms with Crippen LogP contribution in [0.25, 0.3) is 0 Å². The maximum Gasteiger partial charge on any atom is 0.267 e. The van der Waals surface area contributed by atoms with Gasteiger partial charge in [-0.05, 0) is 42.9 Å². The van der Waals surface area contributed by atoms with Crippen LogP contribution >= 0.6 is 22.7 Å². The van der Waals surface area contributed by atoms with Gasteiger partial charge in [-0.3, -0.25) is 15.0 Å². The Morgan fingerprint density at radius 3 is 2.79 bits per heavy atom. The minimum atomic E-state index is -0.00774. The van der Waals surface area contributed by atoms with Crippen LogP contribution in [-0.2, 0) is 32.4 Å². The van der Waals surface area contributed by atoms with E-state index in [1.807, 2.05) is 0 Å². The number of thiazole rings is 1. The summed E-state index contributed by atoms with van der Waals surface area (Å²) < 4.78 is 0. The first-order valence-corrected chi connectivity index (χ1v) is 11.6. The van der Waals surface area contributed by atoms with Crippen LogP contribution in [0.1, 0.15) is 49.1 Å². The van der Waals surface area contributed by atoms with Gasteiger partial charge >= 0.3 is 0 Å². The zero-order chi connectivity index (χ0) is 18.9. The molecule has 3 aromatic rings. The van der Waals surface area contributed by atoms with E-state index in [0.717, 1.165) is 54.6 Å². The SMILES string of the molecule is O=C(Nc1nc2c(s1)CN(Cc1ccccc1)CC2)c1cc2c(s1)CCCC2. The molecule has 1 aliphatic heterocycles. The topological polar surface area (TPSA) is 45.2 Å². The van der Waals surface area contributed by atoms with Crippen LogP contribution in [0.5, 0.6) is 0 Å². The summed E-state index contributed by atoms with van der Waals surface area (Å²) in [6.45, 7) is 2.88. The number of aryl methyl sites for hydroxylation is 2. The van der Waals surface area contributed by atoms with Crippen molar-refractivity contribution in [1.29, 1.82) is 0 Å². The van der Waals surface area contributed by atoms with E-state index in [1.165, 1.54) is 33.7 Å². The summed E-state index contributed by atoms with van der Waals surface area (Å²) in [5, 5.41) is 3.79. The Labute approximate surface area is 173 Å². The fourth-order valence-electron chi connectivity index (χ4n) is 4.04. The number of amides is 1. The van der Waals surface area contributed by atoms with Crippen molar-refractivity contribution in [3.8, 4) is 0 Å². The van der Waals surface area contributed by atoms with Gasteiger partial charge < -0.3 is 0 Å². The van der Waals surface area contributed by atoms with E-state index in [0.29, 0.717) is 0 Å². The smallest absolute Gasteiger partial charge is 0.267 e. The summed E-state index contributed by atoms with van der Waals surface area (Å²) >= 11 is 3.28. The van der Waals surface area contributed by atoms with Crippen LogP contribution in [0.3, 0.4) is 0 Å². The molecule has 0 saturated heterocycles. The Morgan fingerprint density at radius 1 is 1.07 bits per heavy atom. The molecule has 0 bridgehead atoms. The number of aromatic nitrogens is 1. The average Bonchev–Trinajstić information content (AvgIpc) is 3.32. The highest BCUT2D eigenvalue weighted by Crippen LogP contribution is 2.32. The number of fused-ring (bicyclic) bond motifs is 2. The normalized spacial score (nSPS) is 16.4. The van der Waals surface area contributed by atoms with Gasteiger partial charge in [-0.15, -0.1) is 22.7 Å². The maximum atomic E-state index is 12.7. The van der Waals surface area contributed by atoms with Crippen molar-refractivity contribution in [1.82, 2.24) is 9.88 Å². The number of rotatable bonds is 4. The molecule has 1 amide bonds. The van der Waals surface area contributed by atoms with Gasteiger partial charge in [-0.25, -0.2) is 4.98 Å². The first-order chi connectivity index (χ1) is 13.7. The standard InChI is InChI=1S/C22H23N3OS2/c26-21(19-12-16-8-4-5-9-18(16)27-19)24-22-23-17-10-11-25(14-20(17)28-22)13-15-6-2-1-3-7-15/h1-3,6-7,12H,4-5,8-11,13-14H2,(H,23,24,26). The molecule has 3 heterocycles. The van der Waals surface area contributed by atoms with E-state index in [1.54, 1.807) is 22.7 Å². The number of carbonyl (C=O) groups is 1. The van der Waals surface area contributed by atoms with Crippen molar-refractivity contribution in [3.05, 3.63) is 67.9 Å². The quantitative estimate of drug-likeness (QED) is 0.667. The van der Waals surface area contributed by atoms with Crippen molar-refractivity contribution >= 4 is 33.7 Å². The Morgan fingerprint density at radius 2 is 1.93 bits per heavy atom. The third kappa shape index (κ3) is 3.77. The molecule has 5 rings (SSSR count). The second kappa shape index (κ2) is 7.78. The van der Waals surface area contributed by atoms with Gasteiger partial charge in [0.05, 0.1) is 10.6 Å². The highest BCUT2D eigenvalue weighted by Gasteiger charge is 2.23. The third-order valence-electron chi connectivity index (χ3n) is 5.50. The van der Waals surface area contributed by atoms with Crippen molar-refractivity contribution in [3.63, 3.8) is 0 Å². The van der Waals surface area contributed by atoms with Gasteiger partial charge in [0, 0.05) is 35.8 Å². The molecule has 1 aliphatic carbocycles. The molecule has 2 aromatic heterocycles. The summed E-state index contributed by atoms with van der Waals surface area (Å²) in [5.41, 5.74) is 3.86. The maximum absolute atomic E-state index is 12.7. The van der Waals surface area contributed by atoms with Gasteiger partial charge in [0.1, 0.15) is 0 Å². The molecule has 0 radical (unpaired) electrons. The minimum Gasteiger partial charge on any atom is -0.297 e. The van der Waals surface area contributed by atoms with E-state index in [4.69, 9.17) is 4.98 Å². The van der Waals surface area contributed by atoms with Crippen LogP contribution in [0.15, 0.2) is 36.4 Å². The van der Waals surface area contributed by atoms with E-state index >= 15 is 0 Å². The molecule has 28 heavy (non-hydrogen) atoms. The molecule has 0 saturated carbocycles. The zero-order valence-corrected chi connectivity index (χ0v) is 17.4. The second-order valence-corrected chi connectivity index (χ2v) is 9.78. The van der Waals surface area contributed by atoms with Crippen LogP contribution < -0.4 is 5.32 Å². The number of anilines is 1. The first-order valence-electron chi connectivity index (χ1n) is 9.92. The number of carbonyl (C=O) groups excluding carboxylic acids is 1. The van der Waals surface area contributed by atoms with E-state index in [2.05, 4.69) is 46.6 Å². The monoisotopic (exact) mass is 409 g/mol.